The first kappa shape index (κ1) is 17.9. The third-order valence-electron chi connectivity index (χ3n) is 4.64. The fourth-order valence-electron chi connectivity index (χ4n) is 3.73. The minimum atomic E-state index is -1.43. The van der Waals surface area contributed by atoms with Crippen molar-refractivity contribution in [1.82, 2.24) is 0 Å². The summed E-state index contributed by atoms with van der Waals surface area (Å²) in [6.45, 7) is 4.30. The van der Waals surface area contributed by atoms with Gasteiger partial charge in [0.1, 0.15) is 17.3 Å². The summed E-state index contributed by atoms with van der Waals surface area (Å²) in [4.78, 5) is 37.8. The maximum atomic E-state index is 12.4. The van der Waals surface area contributed by atoms with E-state index in [0.717, 1.165) is 10.5 Å². The second kappa shape index (κ2) is 6.57. The predicted octanol–water partition coefficient (Wildman–Crippen LogP) is 2.63. The van der Waals surface area contributed by atoms with Gasteiger partial charge in [0.2, 0.25) is 0 Å². The Balaban J connectivity index is 2.58. The van der Waals surface area contributed by atoms with Crippen LogP contribution >= 0.6 is 11.8 Å². The predicted molar refractivity (Wildman–Crippen MR) is 89.6 cm³/mol. The van der Waals surface area contributed by atoms with Gasteiger partial charge in [-0.25, -0.2) is 0 Å². The van der Waals surface area contributed by atoms with Crippen LogP contribution in [0.4, 0.5) is 0 Å². The molecule has 0 aromatic heterocycles. The second-order valence-electron chi connectivity index (χ2n) is 6.48. The molecule has 0 spiro atoms. The van der Waals surface area contributed by atoms with Crippen molar-refractivity contribution in [3.63, 3.8) is 0 Å². The zero-order valence-electron chi connectivity index (χ0n) is 13.8. The Labute approximate surface area is 140 Å². The van der Waals surface area contributed by atoms with E-state index in [4.69, 9.17) is 0 Å². The maximum Gasteiger partial charge on any atom is 0.146 e. The van der Waals surface area contributed by atoms with Gasteiger partial charge >= 0.3 is 0 Å². The fraction of sp³-hybridized carbons (Fsp3) is 0.500. The molecular formula is C18H22O4S. The Morgan fingerprint density at radius 2 is 1.74 bits per heavy atom. The van der Waals surface area contributed by atoms with E-state index in [-0.39, 0.29) is 23.8 Å². The number of benzene rings is 1. The lowest BCUT2D eigenvalue weighted by molar-refractivity contribution is -0.151. The normalized spacial score (nSPS) is 31.0. The lowest BCUT2D eigenvalue weighted by Crippen LogP contribution is -2.53. The highest BCUT2D eigenvalue weighted by Gasteiger charge is 2.53. The van der Waals surface area contributed by atoms with Crippen LogP contribution in [0, 0.1) is 11.8 Å². The standard InChI is InChI=1S/C18H22O4S/c1-10(19)15-14(21)9-18(3,22)17(11(2)20)16(15)12-5-7-13(23-4)8-6-12/h5-8,15-17,22H,9H2,1-4H3/t15-,16-,17-,18+/m1/s1. The van der Waals surface area contributed by atoms with Gasteiger partial charge in [0.05, 0.1) is 17.4 Å². The number of carbonyl (C=O) groups excluding carboxylic acids is 3. The molecule has 0 unspecified atom stereocenters. The van der Waals surface area contributed by atoms with Gasteiger partial charge in [-0.2, -0.15) is 0 Å². The Morgan fingerprint density at radius 1 is 1.17 bits per heavy atom. The van der Waals surface area contributed by atoms with Gasteiger partial charge in [0.15, 0.2) is 0 Å². The number of aliphatic hydroxyl groups is 1. The van der Waals surface area contributed by atoms with E-state index in [0.29, 0.717) is 0 Å². The molecule has 1 aliphatic rings. The van der Waals surface area contributed by atoms with Crippen molar-refractivity contribution >= 4 is 29.1 Å². The van der Waals surface area contributed by atoms with Gasteiger partial charge < -0.3 is 5.11 Å². The largest absolute Gasteiger partial charge is 0.389 e. The van der Waals surface area contributed by atoms with E-state index < -0.39 is 23.4 Å². The molecule has 1 N–H and O–H groups in total. The van der Waals surface area contributed by atoms with Crippen LogP contribution in [0.5, 0.6) is 0 Å². The van der Waals surface area contributed by atoms with E-state index in [1.54, 1.807) is 11.8 Å². The van der Waals surface area contributed by atoms with Gasteiger partial charge in [-0.3, -0.25) is 14.4 Å². The van der Waals surface area contributed by atoms with Crippen molar-refractivity contribution in [2.24, 2.45) is 11.8 Å². The number of hydrogen-bond donors (Lipinski definition) is 1. The first-order chi connectivity index (χ1) is 10.7. The molecule has 124 valence electrons. The van der Waals surface area contributed by atoms with Gasteiger partial charge in [0, 0.05) is 17.2 Å². The van der Waals surface area contributed by atoms with Gasteiger partial charge in [-0.05, 0) is 44.7 Å². The molecule has 4 atom stereocenters. The van der Waals surface area contributed by atoms with Crippen molar-refractivity contribution in [2.75, 3.05) is 6.26 Å². The molecule has 5 heteroatoms. The van der Waals surface area contributed by atoms with Crippen molar-refractivity contribution in [3.8, 4) is 0 Å². The molecule has 0 aliphatic heterocycles. The number of thioether (sulfide) groups is 1. The van der Waals surface area contributed by atoms with Crippen molar-refractivity contribution in [3.05, 3.63) is 29.8 Å². The van der Waals surface area contributed by atoms with Crippen LogP contribution in [0.1, 0.15) is 38.7 Å². The van der Waals surface area contributed by atoms with Crippen molar-refractivity contribution < 1.29 is 19.5 Å². The lowest BCUT2D eigenvalue weighted by Gasteiger charge is -2.44. The minimum absolute atomic E-state index is 0.166. The average Bonchev–Trinajstić information content (AvgIpc) is 2.44. The zero-order valence-corrected chi connectivity index (χ0v) is 14.6. The lowest BCUT2D eigenvalue weighted by atomic mass is 9.60. The maximum absolute atomic E-state index is 12.4. The molecule has 1 aliphatic carbocycles. The second-order valence-corrected chi connectivity index (χ2v) is 7.36. The summed E-state index contributed by atoms with van der Waals surface area (Å²) in [5, 5.41) is 10.7. The third-order valence-corrected chi connectivity index (χ3v) is 5.39. The van der Waals surface area contributed by atoms with Crippen LogP contribution in [-0.2, 0) is 14.4 Å². The minimum Gasteiger partial charge on any atom is -0.389 e. The first-order valence-electron chi connectivity index (χ1n) is 7.59. The average molecular weight is 334 g/mol. The van der Waals surface area contributed by atoms with Gasteiger partial charge in [0.25, 0.3) is 0 Å². The molecule has 1 saturated carbocycles. The summed E-state index contributed by atoms with van der Waals surface area (Å²) in [6.07, 6.45) is 1.79. The monoisotopic (exact) mass is 334 g/mol. The van der Waals surface area contributed by atoms with Crippen LogP contribution in [0.25, 0.3) is 0 Å². The van der Waals surface area contributed by atoms with E-state index in [2.05, 4.69) is 0 Å². The van der Waals surface area contributed by atoms with E-state index in [1.165, 1.54) is 20.8 Å². The smallest absolute Gasteiger partial charge is 0.146 e. The topological polar surface area (TPSA) is 71.4 Å². The van der Waals surface area contributed by atoms with Crippen molar-refractivity contribution in [1.29, 1.82) is 0 Å². The van der Waals surface area contributed by atoms with Crippen LogP contribution in [0.3, 0.4) is 0 Å². The number of carbonyl (C=O) groups is 3. The van der Waals surface area contributed by atoms with Crippen LogP contribution in [0.15, 0.2) is 29.2 Å². The molecule has 0 radical (unpaired) electrons. The molecule has 1 fully saturated rings. The Bertz CT molecular complexity index is 633. The summed E-state index contributed by atoms with van der Waals surface area (Å²) in [5.74, 6) is -3.00. The van der Waals surface area contributed by atoms with Gasteiger partial charge in [-0.15, -0.1) is 11.8 Å². The molecule has 4 nitrogen and oxygen atoms in total. The Morgan fingerprint density at radius 3 is 2.17 bits per heavy atom. The molecule has 0 bridgehead atoms. The molecule has 1 aromatic rings. The zero-order chi connectivity index (χ0) is 17.4. The molecule has 0 heterocycles. The van der Waals surface area contributed by atoms with E-state index in [9.17, 15) is 19.5 Å². The van der Waals surface area contributed by atoms with E-state index >= 15 is 0 Å². The third kappa shape index (κ3) is 3.40. The molecule has 0 amide bonds. The first-order valence-corrected chi connectivity index (χ1v) is 8.81. The van der Waals surface area contributed by atoms with E-state index in [1.807, 2.05) is 30.5 Å². The quantitative estimate of drug-likeness (QED) is 0.677. The summed E-state index contributed by atoms with van der Waals surface area (Å²) in [7, 11) is 0. The number of ketones is 3. The number of rotatable bonds is 4. The Kier molecular flexibility index (Phi) is 5.11. The van der Waals surface area contributed by atoms with Crippen LogP contribution in [-0.4, -0.2) is 34.3 Å². The highest BCUT2D eigenvalue weighted by atomic mass is 32.2. The fourth-order valence-corrected chi connectivity index (χ4v) is 4.14. The molecule has 1 aromatic carbocycles. The van der Waals surface area contributed by atoms with Crippen molar-refractivity contribution in [2.45, 2.75) is 43.6 Å². The summed E-state index contributed by atoms with van der Waals surface area (Å²) < 4.78 is 0. The molecule has 2 rings (SSSR count). The van der Waals surface area contributed by atoms with Gasteiger partial charge in [-0.1, -0.05) is 12.1 Å². The highest BCUT2D eigenvalue weighted by Crippen LogP contribution is 2.46. The molecular weight excluding hydrogens is 312 g/mol. The summed E-state index contributed by atoms with van der Waals surface area (Å²) in [5.41, 5.74) is -0.686. The number of hydrogen-bond acceptors (Lipinski definition) is 5. The molecule has 0 saturated heterocycles. The van der Waals surface area contributed by atoms with Crippen LogP contribution < -0.4 is 0 Å². The number of Topliss-reactive ketones (excluding diaryl/α,β-unsaturated/α-hetero) is 3. The summed E-state index contributed by atoms with van der Waals surface area (Å²) in [6, 6.07) is 7.50. The molecule has 23 heavy (non-hydrogen) atoms. The highest BCUT2D eigenvalue weighted by molar-refractivity contribution is 7.98. The summed E-state index contributed by atoms with van der Waals surface area (Å²) >= 11 is 1.59. The van der Waals surface area contributed by atoms with Crippen LogP contribution in [0.2, 0.25) is 0 Å². The Hall–Kier alpha value is -1.46. The SMILES string of the molecule is CSc1ccc([C@@H]2[C@H](C(C)=O)C(=O)C[C@](C)(O)[C@@H]2C(C)=O)cc1.